The Balaban J connectivity index is 1.45. The van der Waals surface area contributed by atoms with Crippen molar-refractivity contribution in [3.8, 4) is 5.75 Å². The van der Waals surface area contributed by atoms with Crippen molar-refractivity contribution < 1.29 is 9.53 Å². The fourth-order valence-electron chi connectivity index (χ4n) is 6.14. The van der Waals surface area contributed by atoms with E-state index in [0.29, 0.717) is 23.5 Å². The topological polar surface area (TPSA) is 26.3 Å². The first-order chi connectivity index (χ1) is 12.6. The number of hydrogen-bond donors (Lipinski definition) is 0. The van der Waals surface area contributed by atoms with Crippen molar-refractivity contribution in [2.75, 3.05) is 6.61 Å². The van der Waals surface area contributed by atoms with Crippen molar-refractivity contribution in [3.05, 3.63) is 29.3 Å². The number of aryl methyl sites for hydroxylation is 1. The third kappa shape index (κ3) is 3.10. The Morgan fingerprint density at radius 2 is 2.00 bits per heavy atom. The number of benzene rings is 1. The van der Waals surface area contributed by atoms with E-state index >= 15 is 0 Å². The molecule has 0 heterocycles. The number of rotatable bonds is 6. The number of Topliss-reactive ketones (excluding diaryl/α,β-unsaturated/α-hetero) is 1. The summed E-state index contributed by atoms with van der Waals surface area (Å²) in [4.78, 5) is 12.4. The highest BCUT2D eigenvalue weighted by Crippen LogP contribution is 2.59. The van der Waals surface area contributed by atoms with Crippen molar-refractivity contribution in [2.24, 2.45) is 17.3 Å². The quantitative estimate of drug-likeness (QED) is 0.579. The fraction of sp³-hybridized carbons (Fsp3) is 0.708. The van der Waals surface area contributed by atoms with Crippen LogP contribution >= 0.6 is 0 Å². The van der Waals surface area contributed by atoms with Crippen LogP contribution in [-0.4, -0.2) is 12.4 Å². The molecule has 0 N–H and O–H groups in total. The van der Waals surface area contributed by atoms with Crippen LogP contribution in [0.1, 0.15) is 88.7 Å². The lowest BCUT2D eigenvalue weighted by atomic mass is 9.55. The molecule has 0 amide bonds. The first kappa shape index (κ1) is 18.1. The molecule has 0 spiro atoms. The van der Waals surface area contributed by atoms with Crippen LogP contribution in [0.4, 0.5) is 0 Å². The van der Waals surface area contributed by atoms with Crippen LogP contribution in [0.25, 0.3) is 0 Å². The minimum atomic E-state index is -0.0137. The molecule has 0 aliphatic heterocycles. The maximum absolute atomic E-state index is 12.4. The predicted octanol–water partition coefficient (Wildman–Crippen LogP) is 6.07. The van der Waals surface area contributed by atoms with Gasteiger partial charge in [-0.25, -0.2) is 0 Å². The number of ether oxygens (including phenoxy) is 1. The third-order valence-electron chi connectivity index (χ3n) is 7.67. The monoisotopic (exact) mass is 354 g/mol. The van der Waals surface area contributed by atoms with Crippen molar-refractivity contribution in [1.82, 2.24) is 0 Å². The lowest BCUT2D eigenvalue weighted by Crippen LogP contribution is -2.42. The highest BCUT2D eigenvalue weighted by atomic mass is 16.5. The standard InChI is InChI=1S/C24H34O2/c1-3-4-5-6-15-26-18-8-10-19-17(16-18)7-9-21-20(19)13-14-24(2)22(21)11-12-23(24)25/h8,10,16,20-22H,3-7,9,11-15H2,1-2H3/t20-,21-,22-,24+/m1/s1. The summed E-state index contributed by atoms with van der Waals surface area (Å²) >= 11 is 0. The largest absolute Gasteiger partial charge is 0.494 e. The lowest BCUT2D eigenvalue weighted by Gasteiger charge is -2.48. The molecule has 0 radical (unpaired) electrons. The van der Waals surface area contributed by atoms with Crippen molar-refractivity contribution >= 4 is 5.78 Å². The van der Waals surface area contributed by atoms with E-state index in [4.69, 9.17) is 4.74 Å². The predicted molar refractivity (Wildman–Crippen MR) is 106 cm³/mol. The molecule has 2 nitrogen and oxygen atoms in total. The lowest BCUT2D eigenvalue weighted by molar-refractivity contribution is -0.129. The minimum Gasteiger partial charge on any atom is -0.494 e. The zero-order valence-corrected chi connectivity index (χ0v) is 16.6. The molecule has 26 heavy (non-hydrogen) atoms. The summed E-state index contributed by atoms with van der Waals surface area (Å²) in [5.41, 5.74) is 3.05. The molecule has 3 aliphatic rings. The molecule has 4 atom stereocenters. The van der Waals surface area contributed by atoms with E-state index in [0.717, 1.165) is 44.5 Å². The second kappa shape index (κ2) is 7.37. The van der Waals surface area contributed by atoms with E-state index in [-0.39, 0.29) is 5.41 Å². The first-order valence-electron chi connectivity index (χ1n) is 10.9. The Morgan fingerprint density at radius 3 is 2.85 bits per heavy atom. The van der Waals surface area contributed by atoms with E-state index in [1.807, 2.05) is 0 Å². The number of unbranched alkanes of at least 4 members (excludes halogenated alkanes) is 3. The van der Waals surface area contributed by atoms with Crippen LogP contribution in [0.2, 0.25) is 0 Å². The van der Waals surface area contributed by atoms with E-state index in [9.17, 15) is 4.79 Å². The second-order valence-corrected chi connectivity index (χ2v) is 9.10. The Kier molecular flexibility index (Phi) is 5.12. The number of ketones is 1. The highest BCUT2D eigenvalue weighted by Gasteiger charge is 2.54. The average molecular weight is 355 g/mol. The van der Waals surface area contributed by atoms with Crippen LogP contribution in [0.3, 0.4) is 0 Å². The van der Waals surface area contributed by atoms with Crippen molar-refractivity contribution in [1.29, 1.82) is 0 Å². The number of fused-ring (bicyclic) bond motifs is 5. The average Bonchev–Trinajstić information content (AvgIpc) is 2.96. The van der Waals surface area contributed by atoms with Gasteiger partial charge in [0.05, 0.1) is 6.61 Å². The molecular weight excluding hydrogens is 320 g/mol. The number of carbonyl (C=O) groups is 1. The van der Waals surface area contributed by atoms with Gasteiger partial charge in [-0.3, -0.25) is 4.79 Å². The number of hydrogen-bond acceptors (Lipinski definition) is 2. The van der Waals surface area contributed by atoms with E-state index in [1.54, 1.807) is 5.56 Å². The highest BCUT2D eigenvalue weighted by molar-refractivity contribution is 5.87. The minimum absolute atomic E-state index is 0.0137. The van der Waals surface area contributed by atoms with Gasteiger partial charge in [0, 0.05) is 11.8 Å². The van der Waals surface area contributed by atoms with Crippen LogP contribution < -0.4 is 4.74 Å². The van der Waals surface area contributed by atoms with Gasteiger partial charge in [0.15, 0.2) is 0 Å². The molecule has 4 rings (SSSR count). The smallest absolute Gasteiger partial charge is 0.139 e. The van der Waals surface area contributed by atoms with Crippen LogP contribution in [0, 0.1) is 17.3 Å². The van der Waals surface area contributed by atoms with Crippen molar-refractivity contribution in [3.63, 3.8) is 0 Å². The Morgan fingerprint density at radius 1 is 1.12 bits per heavy atom. The fourth-order valence-corrected chi connectivity index (χ4v) is 6.14. The molecule has 0 bridgehead atoms. The van der Waals surface area contributed by atoms with Gasteiger partial charge < -0.3 is 4.74 Å². The molecule has 2 saturated carbocycles. The van der Waals surface area contributed by atoms with Gasteiger partial charge in [0.2, 0.25) is 0 Å². The molecule has 1 aromatic rings. The summed E-state index contributed by atoms with van der Waals surface area (Å²) in [5, 5.41) is 0. The first-order valence-corrected chi connectivity index (χ1v) is 10.9. The Bertz CT molecular complexity index is 664. The van der Waals surface area contributed by atoms with Crippen LogP contribution in [0.15, 0.2) is 18.2 Å². The van der Waals surface area contributed by atoms with E-state index in [2.05, 4.69) is 32.0 Å². The summed E-state index contributed by atoms with van der Waals surface area (Å²) in [7, 11) is 0. The van der Waals surface area contributed by atoms with Crippen LogP contribution in [-0.2, 0) is 11.2 Å². The van der Waals surface area contributed by atoms with Crippen LogP contribution in [0.5, 0.6) is 5.75 Å². The number of carbonyl (C=O) groups excluding carboxylic acids is 1. The SMILES string of the molecule is CCCCCCOc1ccc2c(c1)CC[C@@H]1[C@@H]2CC[C@]2(C)C(=O)CC[C@H]12. The van der Waals surface area contributed by atoms with Gasteiger partial charge in [-0.05, 0) is 79.5 Å². The van der Waals surface area contributed by atoms with Gasteiger partial charge in [0.25, 0.3) is 0 Å². The summed E-state index contributed by atoms with van der Waals surface area (Å²) in [6, 6.07) is 6.83. The van der Waals surface area contributed by atoms with E-state index < -0.39 is 0 Å². The normalized spacial score (nSPS) is 32.7. The second-order valence-electron chi connectivity index (χ2n) is 9.10. The molecule has 0 saturated heterocycles. The van der Waals surface area contributed by atoms with Gasteiger partial charge in [-0.2, -0.15) is 0 Å². The zero-order chi connectivity index (χ0) is 18.1. The van der Waals surface area contributed by atoms with E-state index in [1.165, 1.54) is 37.7 Å². The maximum atomic E-state index is 12.4. The van der Waals surface area contributed by atoms with Gasteiger partial charge in [-0.1, -0.05) is 39.2 Å². The summed E-state index contributed by atoms with van der Waals surface area (Å²) in [6.45, 7) is 5.34. The maximum Gasteiger partial charge on any atom is 0.139 e. The van der Waals surface area contributed by atoms with Crippen molar-refractivity contribution in [2.45, 2.75) is 84.0 Å². The Hall–Kier alpha value is -1.31. The van der Waals surface area contributed by atoms with Gasteiger partial charge >= 0.3 is 0 Å². The van der Waals surface area contributed by atoms with Gasteiger partial charge in [-0.15, -0.1) is 0 Å². The third-order valence-corrected chi connectivity index (χ3v) is 7.67. The molecule has 0 unspecified atom stereocenters. The van der Waals surface area contributed by atoms with Gasteiger partial charge in [0.1, 0.15) is 11.5 Å². The summed E-state index contributed by atoms with van der Waals surface area (Å²) in [5.74, 6) is 3.60. The molecular formula is C24H34O2. The molecule has 0 aromatic heterocycles. The molecule has 2 heteroatoms. The molecule has 2 fully saturated rings. The molecule has 3 aliphatic carbocycles. The molecule has 142 valence electrons. The molecule has 1 aromatic carbocycles. The Labute approximate surface area is 158 Å². The summed E-state index contributed by atoms with van der Waals surface area (Å²) in [6.07, 6.45) is 11.6. The zero-order valence-electron chi connectivity index (χ0n) is 16.6. The summed E-state index contributed by atoms with van der Waals surface area (Å²) < 4.78 is 6.01.